The molecule has 116 valence electrons. The summed E-state index contributed by atoms with van der Waals surface area (Å²) in [6.45, 7) is 3.16. The van der Waals surface area contributed by atoms with Crippen molar-refractivity contribution < 1.29 is 9.47 Å². The molecular formula is C19H23NO2. The van der Waals surface area contributed by atoms with E-state index >= 15 is 0 Å². The molecule has 0 aliphatic heterocycles. The van der Waals surface area contributed by atoms with Gasteiger partial charge in [0.1, 0.15) is 11.5 Å². The zero-order chi connectivity index (χ0) is 15.5. The van der Waals surface area contributed by atoms with Crippen molar-refractivity contribution in [2.45, 2.75) is 25.3 Å². The van der Waals surface area contributed by atoms with Gasteiger partial charge in [0.15, 0.2) is 0 Å². The van der Waals surface area contributed by atoms with Gasteiger partial charge in [-0.15, -0.1) is 0 Å². The number of nitrogens with one attached hydrogen (secondary N) is 1. The first-order valence-corrected chi connectivity index (χ1v) is 7.76. The monoisotopic (exact) mass is 297 g/mol. The predicted molar refractivity (Wildman–Crippen MR) is 88.9 cm³/mol. The molecule has 22 heavy (non-hydrogen) atoms. The average Bonchev–Trinajstić information content (AvgIpc) is 2.55. The maximum absolute atomic E-state index is 5.51. The van der Waals surface area contributed by atoms with Crippen LogP contribution < -0.4 is 14.8 Å². The van der Waals surface area contributed by atoms with E-state index in [9.17, 15) is 0 Å². The number of methoxy groups -OCH3 is 2. The van der Waals surface area contributed by atoms with Crippen LogP contribution in [0.3, 0.4) is 0 Å². The molecule has 0 unspecified atom stereocenters. The molecule has 0 aromatic heterocycles. The van der Waals surface area contributed by atoms with Crippen LogP contribution in [0.5, 0.6) is 11.5 Å². The van der Waals surface area contributed by atoms with Crippen LogP contribution in [0.25, 0.3) is 0 Å². The van der Waals surface area contributed by atoms with E-state index in [1.807, 2.05) is 12.1 Å². The standard InChI is InChI=1S/C19H23NO2/c1-13(14-7-5-4-6-8-14)20-12-15-11-16-17(21-2)9-10-18(22-3)19(15)16/h4-10,13,15,20H,11-12H2,1-3H3/t13-,15+/m0/s1. The highest BCUT2D eigenvalue weighted by Gasteiger charge is 2.32. The third kappa shape index (κ3) is 2.69. The Morgan fingerprint density at radius 1 is 1.05 bits per heavy atom. The Bertz CT molecular complexity index is 639. The van der Waals surface area contributed by atoms with Gasteiger partial charge in [0.25, 0.3) is 0 Å². The van der Waals surface area contributed by atoms with Crippen LogP contribution >= 0.6 is 0 Å². The molecule has 2 aromatic rings. The van der Waals surface area contributed by atoms with Crippen molar-refractivity contribution in [3.8, 4) is 11.5 Å². The van der Waals surface area contributed by atoms with Crippen LogP contribution in [0.2, 0.25) is 0 Å². The summed E-state index contributed by atoms with van der Waals surface area (Å²) in [5.41, 5.74) is 3.91. The number of benzene rings is 2. The molecule has 0 amide bonds. The Labute approximate surface area is 132 Å². The molecule has 0 fully saturated rings. The number of ether oxygens (including phenoxy) is 2. The maximum Gasteiger partial charge on any atom is 0.122 e. The highest BCUT2D eigenvalue weighted by molar-refractivity contribution is 5.57. The van der Waals surface area contributed by atoms with Crippen LogP contribution in [0, 0.1) is 0 Å². The van der Waals surface area contributed by atoms with E-state index in [2.05, 4.69) is 42.6 Å². The van der Waals surface area contributed by atoms with Gasteiger partial charge in [-0.2, -0.15) is 0 Å². The van der Waals surface area contributed by atoms with E-state index in [1.165, 1.54) is 16.7 Å². The van der Waals surface area contributed by atoms with Gasteiger partial charge in [0.2, 0.25) is 0 Å². The molecule has 3 rings (SSSR count). The average molecular weight is 297 g/mol. The quantitative estimate of drug-likeness (QED) is 0.882. The van der Waals surface area contributed by atoms with Crippen molar-refractivity contribution >= 4 is 0 Å². The first-order valence-electron chi connectivity index (χ1n) is 7.76. The Morgan fingerprint density at radius 2 is 1.73 bits per heavy atom. The van der Waals surface area contributed by atoms with Crippen LogP contribution in [0.15, 0.2) is 42.5 Å². The fourth-order valence-electron chi connectivity index (χ4n) is 3.22. The second kappa shape index (κ2) is 6.41. The molecule has 1 N–H and O–H groups in total. The molecule has 0 saturated heterocycles. The number of hydrogen-bond donors (Lipinski definition) is 1. The van der Waals surface area contributed by atoms with Crippen molar-refractivity contribution in [1.29, 1.82) is 0 Å². The second-order valence-corrected chi connectivity index (χ2v) is 5.80. The predicted octanol–water partition coefficient (Wildman–Crippen LogP) is 3.69. The minimum Gasteiger partial charge on any atom is -0.496 e. The number of rotatable bonds is 6. The van der Waals surface area contributed by atoms with Gasteiger partial charge >= 0.3 is 0 Å². The minimum absolute atomic E-state index is 0.349. The molecule has 1 aliphatic rings. The van der Waals surface area contributed by atoms with Crippen LogP contribution in [0.1, 0.15) is 35.6 Å². The molecular weight excluding hydrogens is 274 g/mol. The highest BCUT2D eigenvalue weighted by atomic mass is 16.5. The maximum atomic E-state index is 5.51. The van der Waals surface area contributed by atoms with E-state index < -0.39 is 0 Å². The summed E-state index contributed by atoms with van der Waals surface area (Å²) < 4.78 is 11.0. The fourth-order valence-corrected chi connectivity index (χ4v) is 3.22. The smallest absolute Gasteiger partial charge is 0.122 e. The van der Waals surface area contributed by atoms with Crippen LogP contribution in [-0.2, 0) is 6.42 Å². The van der Waals surface area contributed by atoms with Crippen molar-refractivity contribution in [3.05, 3.63) is 59.2 Å². The molecule has 0 radical (unpaired) electrons. The van der Waals surface area contributed by atoms with Crippen molar-refractivity contribution in [3.63, 3.8) is 0 Å². The van der Waals surface area contributed by atoms with E-state index in [4.69, 9.17) is 9.47 Å². The van der Waals surface area contributed by atoms with E-state index in [-0.39, 0.29) is 0 Å². The Morgan fingerprint density at radius 3 is 2.41 bits per heavy atom. The first kappa shape index (κ1) is 14.9. The summed E-state index contributed by atoms with van der Waals surface area (Å²) in [4.78, 5) is 0. The van der Waals surface area contributed by atoms with Gasteiger partial charge in [0, 0.05) is 29.6 Å². The van der Waals surface area contributed by atoms with Gasteiger partial charge in [-0.3, -0.25) is 0 Å². The summed E-state index contributed by atoms with van der Waals surface area (Å²) in [5, 5.41) is 3.63. The lowest BCUT2D eigenvalue weighted by Gasteiger charge is -2.34. The van der Waals surface area contributed by atoms with Crippen LogP contribution in [0.4, 0.5) is 0 Å². The number of hydrogen-bond acceptors (Lipinski definition) is 3. The van der Waals surface area contributed by atoms with Gasteiger partial charge in [-0.05, 0) is 31.0 Å². The third-order valence-electron chi connectivity index (χ3n) is 4.54. The van der Waals surface area contributed by atoms with E-state index in [1.54, 1.807) is 14.2 Å². The normalized spacial score (nSPS) is 17.3. The van der Waals surface area contributed by atoms with Crippen LogP contribution in [-0.4, -0.2) is 20.8 Å². The van der Waals surface area contributed by atoms with Gasteiger partial charge < -0.3 is 14.8 Å². The molecule has 0 heterocycles. The molecule has 3 heteroatoms. The Kier molecular flexibility index (Phi) is 4.34. The molecule has 2 atom stereocenters. The zero-order valence-electron chi connectivity index (χ0n) is 13.4. The Balaban J connectivity index is 1.69. The molecule has 0 spiro atoms. The van der Waals surface area contributed by atoms with Gasteiger partial charge in [-0.1, -0.05) is 30.3 Å². The summed E-state index contributed by atoms with van der Waals surface area (Å²) >= 11 is 0. The summed E-state index contributed by atoms with van der Waals surface area (Å²) in [6, 6.07) is 14.9. The van der Waals surface area contributed by atoms with Gasteiger partial charge in [0.05, 0.1) is 14.2 Å². The molecule has 0 bridgehead atoms. The topological polar surface area (TPSA) is 30.5 Å². The third-order valence-corrected chi connectivity index (χ3v) is 4.54. The van der Waals surface area contributed by atoms with E-state index in [0.717, 1.165) is 24.5 Å². The molecule has 0 saturated carbocycles. The first-order chi connectivity index (χ1) is 10.7. The lowest BCUT2D eigenvalue weighted by atomic mass is 9.76. The molecule has 2 aromatic carbocycles. The SMILES string of the molecule is COc1ccc(OC)c2c1C[C@@H]2CN[C@@H](C)c1ccccc1. The summed E-state index contributed by atoms with van der Waals surface area (Å²) in [6.07, 6.45) is 1.05. The fraction of sp³-hybridized carbons (Fsp3) is 0.368. The molecule has 3 nitrogen and oxygen atoms in total. The minimum atomic E-state index is 0.349. The molecule has 1 aliphatic carbocycles. The van der Waals surface area contributed by atoms with Gasteiger partial charge in [-0.25, -0.2) is 0 Å². The van der Waals surface area contributed by atoms with E-state index in [0.29, 0.717) is 12.0 Å². The second-order valence-electron chi connectivity index (χ2n) is 5.80. The van der Waals surface area contributed by atoms with Crippen molar-refractivity contribution in [2.75, 3.05) is 20.8 Å². The van der Waals surface area contributed by atoms with Crippen molar-refractivity contribution in [2.24, 2.45) is 0 Å². The highest BCUT2D eigenvalue weighted by Crippen LogP contribution is 2.46. The number of fused-ring (bicyclic) bond motifs is 1. The lowest BCUT2D eigenvalue weighted by Crippen LogP contribution is -2.31. The summed E-state index contributed by atoms with van der Waals surface area (Å²) in [7, 11) is 3.46. The largest absolute Gasteiger partial charge is 0.496 e. The zero-order valence-corrected chi connectivity index (χ0v) is 13.4. The summed E-state index contributed by atoms with van der Waals surface area (Å²) in [5.74, 6) is 2.44. The van der Waals surface area contributed by atoms with Crippen molar-refractivity contribution in [1.82, 2.24) is 5.32 Å². The lowest BCUT2D eigenvalue weighted by molar-refractivity contribution is 0.370. The Hall–Kier alpha value is -2.00.